The van der Waals surface area contributed by atoms with Crippen LogP contribution in [0.5, 0.6) is 0 Å². The molecule has 1 aliphatic carbocycles. The predicted octanol–water partition coefficient (Wildman–Crippen LogP) is 2.64. The summed E-state index contributed by atoms with van der Waals surface area (Å²) in [6.07, 6.45) is 9.26. The summed E-state index contributed by atoms with van der Waals surface area (Å²) in [6.45, 7) is 5.58. The first-order valence-corrected chi connectivity index (χ1v) is 9.50. The quantitative estimate of drug-likeness (QED) is 0.866. The first-order valence-electron chi connectivity index (χ1n) is 9.50. The zero-order valence-electron chi connectivity index (χ0n) is 14.8. The fourth-order valence-electron chi connectivity index (χ4n) is 3.88. The molecule has 0 spiro atoms. The van der Waals surface area contributed by atoms with Gasteiger partial charge in [-0.05, 0) is 51.6 Å². The van der Waals surface area contributed by atoms with Crippen molar-refractivity contribution in [1.29, 1.82) is 0 Å². The summed E-state index contributed by atoms with van der Waals surface area (Å²) < 4.78 is 5.28. The van der Waals surface area contributed by atoms with E-state index in [1.165, 1.54) is 32.1 Å². The molecule has 1 aromatic heterocycles. The van der Waals surface area contributed by atoms with Crippen LogP contribution in [0.15, 0.2) is 4.52 Å². The van der Waals surface area contributed by atoms with Gasteiger partial charge in [0, 0.05) is 25.4 Å². The number of hydrogen-bond acceptors (Lipinski definition) is 5. The summed E-state index contributed by atoms with van der Waals surface area (Å²) >= 11 is 0. The lowest BCUT2D eigenvalue weighted by molar-refractivity contribution is -0.121. The average molecular weight is 334 g/mol. The van der Waals surface area contributed by atoms with Crippen molar-refractivity contribution < 1.29 is 9.32 Å². The normalized spacial score (nSPS) is 21.0. The second-order valence-corrected chi connectivity index (χ2v) is 7.35. The van der Waals surface area contributed by atoms with E-state index in [-0.39, 0.29) is 5.91 Å². The number of aromatic nitrogens is 2. The molecule has 6 nitrogen and oxygen atoms in total. The lowest BCUT2D eigenvalue weighted by atomic mass is 9.89. The van der Waals surface area contributed by atoms with Crippen molar-refractivity contribution in [3.63, 3.8) is 0 Å². The van der Waals surface area contributed by atoms with Crippen molar-refractivity contribution in [2.24, 2.45) is 5.92 Å². The molecule has 0 unspecified atom stereocenters. The van der Waals surface area contributed by atoms with E-state index in [4.69, 9.17) is 4.52 Å². The standard InChI is InChI=1S/C18H30N4O2/c1-14-20-18(24-21-14)16-7-10-22(11-8-16)12-9-17(23)19-13-15-5-3-2-4-6-15/h15-16H,2-13H2,1H3,(H,19,23). The third-order valence-electron chi connectivity index (χ3n) is 5.45. The second kappa shape index (κ2) is 8.60. The number of hydrogen-bond donors (Lipinski definition) is 1. The molecule has 24 heavy (non-hydrogen) atoms. The summed E-state index contributed by atoms with van der Waals surface area (Å²) in [5.41, 5.74) is 0. The Morgan fingerprint density at radius 2 is 1.96 bits per heavy atom. The Morgan fingerprint density at radius 3 is 2.62 bits per heavy atom. The van der Waals surface area contributed by atoms with Crippen LogP contribution in [0.1, 0.15) is 69.0 Å². The van der Waals surface area contributed by atoms with Crippen LogP contribution in [0.25, 0.3) is 0 Å². The van der Waals surface area contributed by atoms with Crippen molar-refractivity contribution in [3.8, 4) is 0 Å². The van der Waals surface area contributed by atoms with E-state index in [9.17, 15) is 4.79 Å². The van der Waals surface area contributed by atoms with Crippen molar-refractivity contribution >= 4 is 5.91 Å². The highest BCUT2D eigenvalue weighted by molar-refractivity contribution is 5.76. The Balaban J connectivity index is 1.30. The van der Waals surface area contributed by atoms with Crippen LogP contribution in [0.4, 0.5) is 0 Å². The molecule has 1 N–H and O–H groups in total. The monoisotopic (exact) mass is 334 g/mol. The predicted molar refractivity (Wildman–Crippen MR) is 91.7 cm³/mol. The fraction of sp³-hybridized carbons (Fsp3) is 0.833. The molecule has 0 radical (unpaired) electrons. The molecule has 0 atom stereocenters. The van der Waals surface area contributed by atoms with Crippen LogP contribution in [0.3, 0.4) is 0 Å². The van der Waals surface area contributed by atoms with Crippen LogP contribution in [0, 0.1) is 12.8 Å². The highest BCUT2D eigenvalue weighted by Gasteiger charge is 2.25. The van der Waals surface area contributed by atoms with Gasteiger partial charge < -0.3 is 14.7 Å². The number of carbonyl (C=O) groups is 1. The molecule has 1 saturated carbocycles. The van der Waals surface area contributed by atoms with Crippen LogP contribution < -0.4 is 5.32 Å². The minimum atomic E-state index is 0.204. The van der Waals surface area contributed by atoms with Crippen LogP contribution in [-0.2, 0) is 4.79 Å². The van der Waals surface area contributed by atoms with Crippen LogP contribution in [0.2, 0.25) is 0 Å². The van der Waals surface area contributed by atoms with Gasteiger partial charge in [-0.1, -0.05) is 24.4 Å². The largest absolute Gasteiger partial charge is 0.356 e. The van der Waals surface area contributed by atoms with E-state index >= 15 is 0 Å². The molecular formula is C18H30N4O2. The summed E-state index contributed by atoms with van der Waals surface area (Å²) in [7, 11) is 0. The van der Waals surface area contributed by atoms with Crippen LogP contribution in [-0.4, -0.2) is 47.1 Å². The van der Waals surface area contributed by atoms with E-state index in [0.717, 1.165) is 44.9 Å². The molecule has 134 valence electrons. The van der Waals surface area contributed by atoms with Crippen molar-refractivity contribution in [3.05, 3.63) is 11.7 Å². The smallest absolute Gasteiger partial charge is 0.229 e. The van der Waals surface area contributed by atoms with Gasteiger partial charge in [-0.15, -0.1) is 0 Å². The molecule has 2 aliphatic rings. The van der Waals surface area contributed by atoms with Gasteiger partial charge in [0.2, 0.25) is 11.8 Å². The lowest BCUT2D eigenvalue weighted by Crippen LogP contribution is -2.37. The maximum absolute atomic E-state index is 12.0. The molecule has 3 rings (SSSR count). The van der Waals surface area contributed by atoms with Gasteiger partial charge in [0.05, 0.1) is 0 Å². The molecule has 2 fully saturated rings. The van der Waals surface area contributed by atoms with E-state index in [1.54, 1.807) is 0 Å². The fourth-order valence-corrected chi connectivity index (χ4v) is 3.88. The number of nitrogens with one attached hydrogen (secondary N) is 1. The summed E-state index contributed by atoms with van der Waals surface area (Å²) in [6, 6.07) is 0. The first-order chi connectivity index (χ1) is 11.7. The molecule has 1 aromatic rings. The van der Waals surface area contributed by atoms with Gasteiger partial charge >= 0.3 is 0 Å². The topological polar surface area (TPSA) is 71.3 Å². The maximum atomic E-state index is 12.0. The number of likely N-dealkylation sites (tertiary alicyclic amines) is 1. The Morgan fingerprint density at radius 1 is 1.21 bits per heavy atom. The van der Waals surface area contributed by atoms with E-state index in [2.05, 4.69) is 20.4 Å². The van der Waals surface area contributed by atoms with E-state index in [0.29, 0.717) is 24.1 Å². The van der Waals surface area contributed by atoms with Gasteiger partial charge in [-0.2, -0.15) is 4.98 Å². The van der Waals surface area contributed by atoms with Gasteiger partial charge in [0.25, 0.3) is 0 Å². The Bertz CT molecular complexity index is 517. The highest BCUT2D eigenvalue weighted by atomic mass is 16.5. The van der Waals surface area contributed by atoms with Crippen molar-refractivity contribution in [2.75, 3.05) is 26.2 Å². The number of amides is 1. The molecule has 1 amide bonds. The van der Waals surface area contributed by atoms with Gasteiger partial charge in [0.1, 0.15) is 0 Å². The maximum Gasteiger partial charge on any atom is 0.229 e. The minimum Gasteiger partial charge on any atom is -0.356 e. The zero-order valence-corrected chi connectivity index (χ0v) is 14.8. The zero-order chi connectivity index (χ0) is 16.8. The van der Waals surface area contributed by atoms with Crippen LogP contribution >= 0.6 is 0 Å². The first kappa shape index (κ1) is 17.4. The number of carbonyl (C=O) groups excluding carboxylic acids is 1. The SMILES string of the molecule is Cc1noc(C2CCN(CCC(=O)NCC3CCCCC3)CC2)n1. The average Bonchev–Trinajstić information content (AvgIpc) is 3.06. The van der Waals surface area contributed by atoms with Gasteiger partial charge in [-0.3, -0.25) is 4.79 Å². The van der Waals surface area contributed by atoms with Crippen molar-refractivity contribution in [1.82, 2.24) is 20.4 Å². The Kier molecular flexibility index (Phi) is 6.24. The third-order valence-corrected chi connectivity index (χ3v) is 5.45. The molecule has 2 heterocycles. The third kappa shape index (κ3) is 5.03. The van der Waals surface area contributed by atoms with E-state index in [1.807, 2.05) is 6.92 Å². The second-order valence-electron chi connectivity index (χ2n) is 7.35. The van der Waals surface area contributed by atoms with Gasteiger partial charge in [0.15, 0.2) is 5.82 Å². The van der Waals surface area contributed by atoms with E-state index < -0.39 is 0 Å². The minimum absolute atomic E-state index is 0.204. The highest BCUT2D eigenvalue weighted by Crippen LogP contribution is 2.26. The summed E-state index contributed by atoms with van der Waals surface area (Å²) in [5.74, 6) is 2.77. The Hall–Kier alpha value is -1.43. The molecule has 1 saturated heterocycles. The van der Waals surface area contributed by atoms with Gasteiger partial charge in [-0.25, -0.2) is 0 Å². The van der Waals surface area contributed by atoms with Crippen molar-refractivity contribution in [2.45, 2.75) is 64.2 Å². The number of nitrogens with zero attached hydrogens (tertiary/aromatic N) is 3. The molecule has 0 aromatic carbocycles. The molecule has 0 bridgehead atoms. The Labute approximate surface area is 144 Å². The lowest BCUT2D eigenvalue weighted by Gasteiger charge is -2.30. The summed E-state index contributed by atoms with van der Waals surface area (Å²) in [5, 5.41) is 7.01. The number of rotatable bonds is 6. The number of aryl methyl sites for hydroxylation is 1. The number of piperidine rings is 1. The molecular weight excluding hydrogens is 304 g/mol. The molecule has 6 heteroatoms. The summed E-state index contributed by atoms with van der Waals surface area (Å²) in [4.78, 5) is 18.8. The molecule has 1 aliphatic heterocycles.